The van der Waals surface area contributed by atoms with Gasteiger partial charge >= 0.3 is 12.1 Å². The summed E-state index contributed by atoms with van der Waals surface area (Å²) in [7, 11) is 0. The van der Waals surface area contributed by atoms with Crippen molar-refractivity contribution in [3.05, 3.63) is 111 Å². The van der Waals surface area contributed by atoms with Crippen LogP contribution in [-0.4, -0.2) is 62.1 Å². The minimum atomic E-state index is -5.60. The van der Waals surface area contributed by atoms with Crippen LogP contribution in [0.5, 0.6) is 0 Å². The molecule has 0 aliphatic carbocycles. The number of nitrogens with one attached hydrogen (secondary N) is 1. The molecule has 0 aliphatic heterocycles. The predicted molar refractivity (Wildman–Crippen MR) is 167 cm³/mol. The number of aliphatic hydroxyl groups is 2. The zero-order valence-electron chi connectivity index (χ0n) is 26.0. The Labute approximate surface area is 282 Å². The smallest absolute Gasteiger partial charge is 0.394 e. The van der Waals surface area contributed by atoms with Gasteiger partial charge in [0.25, 0.3) is 11.5 Å². The number of rotatable bonds is 9. The lowest BCUT2D eigenvalue weighted by molar-refractivity contribution is -0.201. The first-order valence-corrected chi connectivity index (χ1v) is 14.7. The lowest BCUT2D eigenvalue weighted by atomic mass is 10.0. The van der Waals surface area contributed by atoms with E-state index in [0.717, 1.165) is 54.6 Å². The zero-order chi connectivity index (χ0) is 37.2. The van der Waals surface area contributed by atoms with Crippen LogP contribution in [0.1, 0.15) is 11.1 Å². The summed E-state index contributed by atoms with van der Waals surface area (Å²) < 4.78 is 98.9. The molecule has 0 unspecified atom stereocenters. The Hall–Kier alpha value is -5.88. The van der Waals surface area contributed by atoms with Gasteiger partial charge in [-0.15, -0.1) is 5.06 Å². The number of nitrogens with zero attached hydrogens (tertiary/aromatic N) is 4. The van der Waals surface area contributed by atoms with E-state index >= 15 is 8.78 Å². The maximum Gasteiger partial charge on any atom is 0.493 e. The molecule has 3 aromatic carbocycles. The van der Waals surface area contributed by atoms with Gasteiger partial charge in [0.05, 0.1) is 37.1 Å². The largest absolute Gasteiger partial charge is 0.493 e. The van der Waals surface area contributed by atoms with Crippen molar-refractivity contribution in [1.29, 1.82) is 0 Å². The molecule has 11 nitrogen and oxygen atoms in total. The average Bonchev–Trinajstić information content (AvgIpc) is 3.08. The number of alkyl halides is 3. The molecule has 266 valence electrons. The lowest BCUT2D eigenvalue weighted by Gasteiger charge is -2.23. The highest BCUT2D eigenvalue weighted by atomic mass is 19.4. The van der Waals surface area contributed by atoms with Gasteiger partial charge in [0, 0.05) is 22.6 Å². The van der Waals surface area contributed by atoms with Crippen molar-refractivity contribution in [2.24, 2.45) is 0 Å². The molecule has 51 heavy (non-hydrogen) atoms. The van der Waals surface area contributed by atoms with Crippen molar-refractivity contribution in [1.82, 2.24) is 14.5 Å². The molecule has 0 saturated carbocycles. The molecule has 3 N–H and O–H groups in total. The van der Waals surface area contributed by atoms with Gasteiger partial charge in [-0.3, -0.25) is 14.2 Å². The topological polar surface area (TPSA) is 147 Å². The molecule has 18 heteroatoms. The van der Waals surface area contributed by atoms with Crippen LogP contribution in [-0.2, 0) is 20.8 Å². The van der Waals surface area contributed by atoms with Gasteiger partial charge < -0.3 is 20.4 Å². The van der Waals surface area contributed by atoms with Crippen LogP contribution in [0.3, 0.4) is 0 Å². The fourth-order valence-corrected chi connectivity index (χ4v) is 4.93. The third kappa shape index (κ3) is 7.51. The van der Waals surface area contributed by atoms with Crippen molar-refractivity contribution < 1.29 is 55.4 Å². The molecule has 1 amide bonds. The summed E-state index contributed by atoms with van der Waals surface area (Å²) in [5, 5.41) is 21.8. The maximum atomic E-state index is 15.0. The van der Waals surface area contributed by atoms with Gasteiger partial charge in [-0.25, -0.2) is 27.3 Å². The number of anilines is 2. The number of para-hydroxylation sites is 1. The molecule has 0 fully saturated rings. The monoisotopic (exact) mass is 719 g/mol. The molecule has 0 atom stereocenters. The summed E-state index contributed by atoms with van der Waals surface area (Å²) in [5.74, 6) is -9.79. The van der Waals surface area contributed by atoms with Crippen LogP contribution in [0, 0.1) is 30.2 Å². The number of hydrogen-bond donors (Lipinski definition) is 3. The Morgan fingerprint density at radius 3 is 2.22 bits per heavy atom. The van der Waals surface area contributed by atoms with E-state index in [1.807, 2.05) is 0 Å². The van der Waals surface area contributed by atoms with Crippen LogP contribution in [0.4, 0.5) is 42.4 Å². The van der Waals surface area contributed by atoms with E-state index in [1.165, 1.54) is 19.1 Å². The maximum absolute atomic E-state index is 15.0. The van der Waals surface area contributed by atoms with E-state index < -0.39 is 101 Å². The summed E-state index contributed by atoms with van der Waals surface area (Å²) >= 11 is 0. The van der Waals surface area contributed by atoms with Crippen LogP contribution < -0.4 is 15.9 Å². The van der Waals surface area contributed by atoms with Gasteiger partial charge in [-0.2, -0.15) is 18.2 Å². The van der Waals surface area contributed by atoms with Crippen molar-refractivity contribution in [2.75, 3.05) is 23.6 Å². The van der Waals surface area contributed by atoms with Gasteiger partial charge in [0.2, 0.25) is 5.95 Å². The summed E-state index contributed by atoms with van der Waals surface area (Å²) in [4.78, 5) is 51.4. The van der Waals surface area contributed by atoms with Crippen molar-refractivity contribution >= 4 is 34.5 Å². The normalized spacial score (nSPS) is 11.6. The number of aliphatic hydroxyl groups excluding tert-OH is 2. The first kappa shape index (κ1) is 36.4. The van der Waals surface area contributed by atoms with Crippen LogP contribution >= 0.6 is 0 Å². The fraction of sp³-hybridized carbons (Fsp3) is 0.182. The van der Waals surface area contributed by atoms with Crippen LogP contribution in [0.25, 0.3) is 28.0 Å². The lowest BCUT2D eigenvalue weighted by Crippen LogP contribution is -2.39. The number of aromatic nitrogens is 3. The Balaban J connectivity index is 1.75. The number of benzene rings is 3. The number of aryl methyl sites for hydroxylation is 1. The van der Waals surface area contributed by atoms with Gasteiger partial charge in [0.15, 0.2) is 17.3 Å². The molecular weight excluding hydrogens is 695 g/mol. The Bertz CT molecular complexity index is 2190. The Kier molecular flexibility index (Phi) is 10.4. The second-order valence-electron chi connectivity index (χ2n) is 10.9. The molecule has 0 radical (unpaired) electrons. The fourth-order valence-electron chi connectivity index (χ4n) is 4.93. The molecule has 2 heterocycles. The molecule has 0 saturated heterocycles. The average molecular weight is 720 g/mol. The third-order valence-corrected chi connectivity index (χ3v) is 7.40. The molecule has 5 aromatic rings. The summed E-state index contributed by atoms with van der Waals surface area (Å²) in [6, 6.07) is 10.0. The number of fused-ring (bicyclic) bond motifs is 1. The molecule has 0 spiro atoms. The number of carbonyl (C=O) groups is 2. The van der Waals surface area contributed by atoms with E-state index in [2.05, 4.69) is 20.1 Å². The van der Waals surface area contributed by atoms with Crippen molar-refractivity contribution in [2.45, 2.75) is 25.6 Å². The highest BCUT2D eigenvalue weighted by Gasteiger charge is 2.44. The molecule has 0 aliphatic rings. The first-order chi connectivity index (χ1) is 24.1. The van der Waals surface area contributed by atoms with Gasteiger partial charge in [0.1, 0.15) is 17.3 Å². The standard InChI is InChI=1S/C33H24F7N5O6/c1-16-8-9-19(45(51-31(50)33(38,39)40)26(49)12-17-4-2-5-22(34)27(17)37)13-21(16)28-20-10-11-25(48)44(29-23(35)6-3-7-24(29)36)30(20)43-32(42-28)41-18(14-46)15-47/h2-11,13,18,46-47H,12,14-15H2,1H3,(H,41,42,43). The highest BCUT2D eigenvalue weighted by Crippen LogP contribution is 2.34. The molecule has 2 aromatic heterocycles. The van der Waals surface area contributed by atoms with Crippen molar-refractivity contribution in [3.8, 4) is 16.9 Å². The molecule has 0 bridgehead atoms. The van der Waals surface area contributed by atoms with E-state index in [9.17, 15) is 46.5 Å². The van der Waals surface area contributed by atoms with E-state index in [-0.39, 0.29) is 21.7 Å². The third-order valence-electron chi connectivity index (χ3n) is 7.40. The highest BCUT2D eigenvalue weighted by molar-refractivity contribution is 5.98. The Morgan fingerprint density at radius 1 is 0.922 bits per heavy atom. The van der Waals surface area contributed by atoms with Gasteiger partial charge in [-0.05, 0) is 48.9 Å². The van der Waals surface area contributed by atoms with E-state index in [4.69, 9.17) is 0 Å². The van der Waals surface area contributed by atoms with Gasteiger partial charge in [-0.1, -0.05) is 24.3 Å². The summed E-state index contributed by atoms with van der Waals surface area (Å²) in [6.45, 7) is 0.185. The number of hydrogen-bond acceptors (Lipinski definition) is 9. The minimum absolute atomic E-state index is 0.0236. The van der Waals surface area contributed by atoms with Crippen molar-refractivity contribution in [3.63, 3.8) is 0 Å². The summed E-state index contributed by atoms with van der Waals surface area (Å²) in [5.41, 5.74) is -3.17. The zero-order valence-corrected chi connectivity index (χ0v) is 26.0. The van der Waals surface area contributed by atoms with E-state index in [0.29, 0.717) is 10.1 Å². The Morgan fingerprint density at radius 2 is 1.57 bits per heavy atom. The number of pyridine rings is 1. The number of amides is 1. The summed E-state index contributed by atoms with van der Waals surface area (Å²) in [6.07, 6.45) is -6.66. The quantitative estimate of drug-likeness (QED) is 0.146. The molecular formula is C33H24F7N5O6. The van der Waals surface area contributed by atoms with E-state index in [1.54, 1.807) is 0 Å². The first-order valence-electron chi connectivity index (χ1n) is 14.7. The second-order valence-corrected chi connectivity index (χ2v) is 10.9. The number of carbonyl (C=O) groups excluding carboxylic acids is 2. The minimum Gasteiger partial charge on any atom is -0.394 e. The predicted octanol–water partition coefficient (Wildman–Crippen LogP) is 4.67. The van der Waals surface area contributed by atoms with Crippen LogP contribution in [0.15, 0.2) is 71.5 Å². The number of hydroxylamine groups is 1. The molecule has 5 rings (SSSR count). The SMILES string of the molecule is Cc1ccc(N(OC(=O)C(F)(F)F)C(=O)Cc2cccc(F)c2F)cc1-c1nc(NC(CO)CO)nc2c1ccc(=O)n2-c1c(F)cccc1F. The second kappa shape index (κ2) is 14.5. The number of halogens is 7. The van der Waals surface area contributed by atoms with Crippen LogP contribution in [0.2, 0.25) is 0 Å².